The second-order valence-electron chi connectivity index (χ2n) is 8.06. The number of nitrogens with one attached hydrogen (secondary N) is 1. The summed E-state index contributed by atoms with van der Waals surface area (Å²) < 4.78 is 64.4. The standard InChI is InChI=1S/C24H22F2N2O5S/c1-34(30,31)28-24(29)16-7-8-17(21(26)11-16)14-32-18-9-10-20(25)19(12-18)22-3-2-4-23(27-22)33-13-15-5-6-15/h2-4,7-12,15H,5-6,13-14H2,1H3,(H,28,29). The number of halogens is 2. The van der Waals surface area contributed by atoms with E-state index in [0.717, 1.165) is 25.2 Å². The quantitative estimate of drug-likeness (QED) is 0.488. The van der Waals surface area contributed by atoms with Crippen molar-refractivity contribution in [2.24, 2.45) is 5.92 Å². The van der Waals surface area contributed by atoms with Crippen LogP contribution in [-0.4, -0.2) is 32.2 Å². The van der Waals surface area contributed by atoms with E-state index < -0.39 is 27.6 Å². The maximum absolute atomic E-state index is 14.5. The second-order valence-corrected chi connectivity index (χ2v) is 9.80. The zero-order chi connectivity index (χ0) is 24.3. The zero-order valence-electron chi connectivity index (χ0n) is 18.3. The number of hydrogen-bond donors (Lipinski definition) is 1. The highest BCUT2D eigenvalue weighted by molar-refractivity contribution is 7.89. The maximum Gasteiger partial charge on any atom is 0.264 e. The van der Waals surface area contributed by atoms with Crippen LogP contribution < -0.4 is 14.2 Å². The van der Waals surface area contributed by atoms with Crippen molar-refractivity contribution in [1.82, 2.24) is 9.71 Å². The molecule has 0 radical (unpaired) electrons. The molecule has 1 amide bonds. The summed E-state index contributed by atoms with van der Waals surface area (Å²) >= 11 is 0. The second kappa shape index (κ2) is 9.76. The van der Waals surface area contributed by atoms with Gasteiger partial charge in [-0.05, 0) is 55.2 Å². The number of carbonyl (C=O) groups excluding carboxylic acids is 1. The van der Waals surface area contributed by atoms with Gasteiger partial charge in [-0.1, -0.05) is 12.1 Å². The highest BCUT2D eigenvalue weighted by Gasteiger charge is 2.22. The number of benzene rings is 2. The van der Waals surface area contributed by atoms with E-state index in [2.05, 4.69) is 4.98 Å². The highest BCUT2D eigenvalue weighted by atomic mass is 32.2. The minimum atomic E-state index is -3.77. The molecule has 0 spiro atoms. The van der Waals surface area contributed by atoms with E-state index in [4.69, 9.17) is 9.47 Å². The van der Waals surface area contributed by atoms with Crippen molar-refractivity contribution in [3.05, 3.63) is 77.4 Å². The van der Waals surface area contributed by atoms with Crippen LogP contribution in [0.1, 0.15) is 28.8 Å². The molecule has 0 atom stereocenters. The monoisotopic (exact) mass is 488 g/mol. The molecule has 0 unspecified atom stereocenters. The Labute approximate surface area is 195 Å². The number of aromatic nitrogens is 1. The third-order valence-electron chi connectivity index (χ3n) is 5.09. The molecule has 3 aromatic rings. The summed E-state index contributed by atoms with van der Waals surface area (Å²) in [5.41, 5.74) is 0.576. The van der Waals surface area contributed by atoms with Crippen LogP contribution in [0.3, 0.4) is 0 Å². The summed E-state index contributed by atoms with van der Waals surface area (Å²) in [5.74, 6) is -0.911. The minimum absolute atomic E-state index is 0.135. The van der Waals surface area contributed by atoms with Gasteiger partial charge in [0.2, 0.25) is 15.9 Å². The lowest BCUT2D eigenvalue weighted by Crippen LogP contribution is -2.29. The summed E-state index contributed by atoms with van der Waals surface area (Å²) in [6.45, 7) is 0.394. The van der Waals surface area contributed by atoms with Gasteiger partial charge in [0.15, 0.2) is 0 Å². The lowest BCUT2D eigenvalue weighted by Gasteiger charge is -2.11. The third kappa shape index (κ3) is 6.28. The Morgan fingerprint density at radius 1 is 1.06 bits per heavy atom. The fourth-order valence-electron chi connectivity index (χ4n) is 3.12. The topological polar surface area (TPSA) is 94.6 Å². The van der Waals surface area contributed by atoms with Gasteiger partial charge in [-0.3, -0.25) is 4.79 Å². The molecule has 1 N–H and O–H groups in total. The molecule has 1 fully saturated rings. The predicted molar refractivity (Wildman–Crippen MR) is 121 cm³/mol. The highest BCUT2D eigenvalue weighted by Crippen LogP contribution is 2.31. The van der Waals surface area contributed by atoms with Crippen LogP contribution in [0.25, 0.3) is 11.3 Å². The van der Waals surface area contributed by atoms with Crippen LogP contribution >= 0.6 is 0 Å². The Kier molecular flexibility index (Phi) is 6.78. The molecule has 1 saturated carbocycles. The van der Waals surface area contributed by atoms with E-state index >= 15 is 0 Å². The molecule has 1 heterocycles. The molecule has 1 aliphatic carbocycles. The molecule has 2 aromatic carbocycles. The molecular weight excluding hydrogens is 466 g/mol. The molecule has 1 aliphatic rings. The lowest BCUT2D eigenvalue weighted by molar-refractivity contribution is 0.0981. The first-order valence-electron chi connectivity index (χ1n) is 10.5. The van der Waals surface area contributed by atoms with Gasteiger partial charge < -0.3 is 9.47 Å². The van der Waals surface area contributed by atoms with Crippen molar-refractivity contribution in [2.45, 2.75) is 19.4 Å². The molecule has 7 nitrogen and oxygen atoms in total. The molecule has 4 rings (SSSR count). The van der Waals surface area contributed by atoms with E-state index in [1.165, 1.54) is 30.3 Å². The summed E-state index contributed by atoms with van der Waals surface area (Å²) in [7, 11) is -3.77. The number of carbonyl (C=O) groups is 1. The molecule has 1 aromatic heterocycles. The summed E-state index contributed by atoms with van der Waals surface area (Å²) in [5, 5.41) is 0. The number of rotatable bonds is 9. The fraction of sp³-hybridized carbons (Fsp3) is 0.250. The molecule has 0 bridgehead atoms. The average Bonchev–Trinajstić information content (AvgIpc) is 3.61. The van der Waals surface area contributed by atoms with Crippen LogP contribution in [0.2, 0.25) is 0 Å². The largest absolute Gasteiger partial charge is 0.489 e. The number of hydrogen-bond acceptors (Lipinski definition) is 6. The van der Waals surface area contributed by atoms with Crippen molar-refractivity contribution in [3.8, 4) is 22.9 Å². The van der Waals surface area contributed by atoms with Gasteiger partial charge in [-0.25, -0.2) is 26.9 Å². The number of nitrogens with zero attached hydrogens (tertiary/aromatic N) is 1. The number of sulfonamides is 1. The van der Waals surface area contributed by atoms with Gasteiger partial charge >= 0.3 is 0 Å². The van der Waals surface area contributed by atoms with Gasteiger partial charge in [0.25, 0.3) is 5.91 Å². The van der Waals surface area contributed by atoms with Crippen molar-refractivity contribution in [2.75, 3.05) is 12.9 Å². The van der Waals surface area contributed by atoms with Crippen molar-refractivity contribution < 1.29 is 31.5 Å². The molecule has 178 valence electrons. The molecule has 0 saturated heterocycles. The number of pyridine rings is 1. The van der Waals surface area contributed by atoms with E-state index in [9.17, 15) is 22.0 Å². The third-order valence-corrected chi connectivity index (χ3v) is 5.65. The molecule has 10 heteroatoms. The van der Waals surface area contributed by atoms with Gasteiger partial charge in [0.05, 0.1) is 18.6 Å². The zero-order valence-corrected chi connectivity index (χ0v) is 19.1. The van der Waals surface area contributed by atoms with Crippen molar-refractivity contribution >= 4 is 15.9 Å². The Hall–Kier alpha value is -3.53. The average molecular weight is 489 g/mol. The van der Waals surface area contributed by atoms with Crippen LogP contribution in [0, 0.1) is 17.6 Å². The van der Waals surface area contributed by atoms with Crippen molar-refractivity contribution in [1.29, 1.82) is 0 Å². The van der Waals surface area contributed by atoms with Crippen LogP contribution in [0.15, 0.2) is 54.6 Å². The lowest BCUT2D eigenvalue weighted by atomic mass is 10.1. The predicted octanol–water partition coefficient (Wildman–Crippen LogP) is 4.08. The Bertz CT molecular complexity index is 1330. The van der Waals surface area contributed by atoms with Crippen LogP contribution in [-0.2, 0) is 16.6 Å². The van der Waals surface area contributed by atoms with Gasteiger partial charge in [0.1, 0.15) is 24.0 Å². The molecule has 0 aliphatic heterocycles. The Balaban J connectivity index is 1.45. The molecule has 34 heavy (non-hydrogen) atoms. The minimum Gasteiger partial charge on any atom is -0.489 e. The first kappa shape index (κ1) is 23.6. The van der Waals surface area contributed by atoms with E-state index in [1.807, 2.05) is 0 Å². The van der Waals surface area contributed by atoms with Gasteiger partial charge in [0, 0.05) is 22.8 Å². The summed E-state index contributed by atoms with van der Waals surface area (Å²) in [6.07, 6.45) is 3.11. The maximum atomic E-state index is 14.5. The van der Waals surface area contributed by atoms with Crippen molar-refractivity contribution in [3.63, 3.8) is 0 Å². The van der Waals surface area contributed by atoms with Gasteiger partial charge in [-0.15, -0.1) is 0 Å². The Morgan fingerprint density at radius 3 is 2.56 bits per heavy atom. The van der Waals surface area contributed by atoms with Crippen LogP contribution in [0.5, 0.6) is 11.6 Å². The fourth-order valence-corrected chi connectivity index (χ4v) is 3.57. The number of ether oxygens (including phenoxy) is 2. The number of amides is 1. The molecular formula is C24H22F2N2O5S. The van der Waals surface area contributed by atoms with E-state index in [-0.39, 0.29) is 23.3 Å². The van der Waals surface area contributed by atoms with Crippen LogP contribution in [0.4, 0.5) is 8.78 Å². The SMILES string of the molecule is CS(=O)(=O)NC(=O)c1ccc(COc2ccc(F)c(-c3cccc(OCC4CC4)n3)c2)c(F)c1. The summed E-state index contributed by atoms with van der Waals surface area (Å²) in [4.78, 5) is 16.2. The first-order chi connectivity index (χ1) is 16.2. The smallest absolute Gasteiger partial charge is 0.264 e. The first-order valence-corrected chi connectivity index (χ1v) is 12.4. The van der Waals surface area contributed by atoms with Gasteiger partial charge in [-0.2, -0.15) is 0 Å². The normalized spacial score (nSPS) is 13.4. The van der Waals surface area contributed by atoms with E-state index in [0.29, 0.717) is 29.8 Å². The Morgan fingerprint density at radius 2 is 1.85 bits per heavy atom. The summed E-state index contributed by atoms with van der Waals surface area (Å²) in [6, 6.07) is 12.7. The van der Waals surface area contributed by atoms with E-state index in [1.54, 1.807) is 22.9 Å².